The van der Waals surface area contributed by atoms with Gasteiger partial charge in [0.1, 0.15) is 5.75 Å². The third-order valence-electron chi connectivity index (χ3n) is 3.19. The quantitative estimate of drug-likeness (QED) is 0.784. The van der Waals surface area contributed by atoms with Gasteiger partial charge in [-0.05, 0) is 18.6 Å². The number of amides is 1. The standard InChI is InChI=1S/C12H13NO2S/c1-15-10-4-2-3-8(5-10)13-9-6-11(12(13)14)16-7-9/h2-5,9,11H,6-7H2,1H3. The Hall–Kier alpha value is -1.16. The molecule has 2 saturated heterocycles. The van der Waals surface area contributed by atoms with Gasteiger partial charge in [0.25, 0.3) is 0 Å². The number of hydrogen-bond donors (Lipinski definition) is 0. The van der Waals surface area contributed by atoms with Gasteiger partial charge in [-0.2, -0.15) is 0 Å². The molecular weight excluding hydrogens is 222 g/mol. The summed E-state index contributed by atoms with van der Waals surface area (Å²) in [4.78, 5) is 14.0. The molecule has 2 aliphatic heterocycles. The van der Waals surface area contributed by atoms with E-state index in [9.17, 15) is 4.79 Å². The van der Waals surface area contributed by atoms with Gasteiger partial charge in [0.05, 0.1) is 12.4 Å². The summed E-state index contributed by atoms with van der Waals surface area (Å²) in [5.74, 6) is 2.13. The SMILES string of the molecule is COc1cccc(N2C(=O)C3CC2CS3)c1. The fourth-order valence-electron chi connectivity index (χ4n) is 2.40. The fourth-order valence-corrected chi connectivity index (χ4v) is 3.75. The number of carbonyl (C=O) groups is 1. The summed E-state index contributed by atoms with van der Waals surface area (Å²) < 4.78 is 5.19. The number of nitrogens with zero attached hydrogens (tertiary/aromatic N) is 1. The fraction of sp³-hybridized carbons (Fsp3) is 0.417. The van der Waals surface area contributed by atoms with Crippen molar-refractivity contribution in [2.45, 2.75) is 17.7 Å². The second-order valence-electron chi connectivity index (χ2n) is 4.12. The summed E-state index contributed by atoms with van der Waals surface area (Å²) in [6, 6.07) is 8.13. The number of benzene rings is 1. The van der Waals surface area contributed by atoms with E-state index in [4.69, 9.17) is 4.74 Å². The minimum absolute atomic E-state index is 0.191. The summed E-state index contributed by atoms with van der Waals surface area (Å²) in [6.45, 7) is 0. The molecule has 0 saturated carbocycles. The van der Waals surface area contributed by atoms with E-state index in [2.05, 4.69) is 0 Å². The zero-order valence-corrected chi connectivity index (χ0v) is 9.87. The molecule has 2 unspecified atom stereocenters. The predicted octanol–water partition coefficient (Wildman–Crippen LogP) is 1.92. The number of fused-ring (bicyclic) bond motifs is 2. The van der Waals surface area contributed by atoms with Crippen molar-refractivity contribution in [2.24, 2.45) is 0 Å². The Kier molecular flexibility index (Phi) is 2.32. The molecule has 2 heterocycles. The van der Waals surface area contributed by atoms with E-state index < -0.39 is 0 Å². The lowest BCUT2D eigenvalue weighted by Crippen LogP contribution is -2.38. The van der Waals surface area contributed by atoms with Gasteiger partial charge in [-0.25, -0.2) is 0 Å². The first-order chi connectivity index (χ1) is 7.79. The Balaban J connectivity index is 1.94. The van der Waals surface area contributed by atoms with Crippen LogP contribution in [0.3, 0.4) is 0 Å². The van der Waals surface area contributed by atoms with Crippen LogP contribution < -0.4 is 9.64 Å². The average Bonchev–Trinajstić information content (AvgIpc) is 2.89. The van der Waals surface area contributed by atoms with Gasteiger partial charge < -0.3 is 9.64 Å². The molecule has 2 atom stereocenters. The molecular formula is C12H13NO2S. The van der Waals surface area contributed by atoms with Gasteiger partial charge in [0.15, 0.2) is 0 Å². The van der Waals surface area contributed by atoms with Crippen LogP contribution in [0.4, 0.5) is 5.69 Å². The Morgan fingerprint density at radius 2 is 2.38 bits per heavy atom. The van der Waals surface area contributed by atoms with Crippen molar-refractivity contribution in [1.29, 1.82) is 0 Å². The van der Waals surface area contributed by atoms with E-state index in [0.717, 1.165) is 23.6 Å². The highest BCUT2D eigenvalue weighted by Gasteiger charge is 2.45. The van der Waals surface area contributed by atoms with Gasteiger partial charge >= 0.3 is 0 Å². The number of thioether (sulfide) groups is 1. The molecule has 1 aromatic rings. The summed E-state index contributed by atoms with van der Waals surface area (Å²) >= 11 is 1.79. The molecule has 1 aromatic carbocycles. The number of hydrogen-bond acceptors (Lipinski definition) is 3. The van der Waals surface area contributed by atoms with Crippen molar-refractivity contribution >= 4 is 23.4 Å². The van der Waals surface area contributed by atoms with Crippen LogP contribution in [0.25, 0.3) is 0 Å². The summed E-state index contributed by atoms with van der Waals surface area (Å²) in [6.07, 6.45) is 1.00. The molecule has 0 aromatic heterocycles. The monoisotopic (exact) mass is 235 g/mol. The molecule has 2 aliphatic rings. The van der Waals surface area contributed by atoms with E-state index in [1.165, 1.54) is 0 Å². The van der Waals surface area contributed by atoms with Crippen LogP contribution in [0, 0.1) is 0 Å². The summed E-state index contributed by atoms with van der Waals surface area (Å²) in [7, 11) is 1.65. The molecule has 2 fully saturated rings. The lowest BCUT2D eigenvalue weighted by Gasteiger charge is -2.27. The third-order valence-corrected chi connectivity index (χ3v) is 4.56. The molecule has 1 amide bonds. The molecule has 0 radical (unpaired) electrons. The second-order valence-corrected chi connectivity index (χ2v) is 5.36. The van der Waals surface area contributed by atoms with Crippen molar-refractivity contribution in [3.05, 3.63) is 24.3 Å². The second kappa shape index (κ2) is 3.70. The Morgan fingerprint density at radius 3 is 3.06 bits per heavy atom. The zero-order chi connectivity index (χ0) is 11.1. The van der Waals surface area contributed by atoms with Crippen molar-refractivity contribution < 1.29 is 9.53 Å². The molecule has 0 aliphatic carbocycles. The topological polar surface area (TPSA) is 29.5 Å². The minimum atomic E-state index is 0.191. The molecule has 4 heteroatoms. The van der Waals surface area contributed by atoms with Gasteiger partial charge in [0.2, 0.25) is 5.91 Å². The van der Waals surface area contributed by atoms with Gasteiger partial charge in [0, 0.05) is 23.5 Å². The van der Waals surface area contributed by atoms with E-state index in [0.29, 0.717) is 6.04 Å². The largest absolute Gasteiger partial charge is 0.497 e. The van der Waals surface area contributed by atoms with Crippen molar-refractivity contribution in [3.8, 4) is 5.75 Å². The first-order valence-electron chi connectivity index (χ1n) is 5.38. The lowest BCUT2D eigenvalue weighted by molar-refractivity contribution is -0.116. The maximum absolute atomic E-state index is 12.0. The Morgan fingerprint density at radius 1 is 1.50 bits per heavy atom. The van der Waals surface area contributed by atoms with Crippen LogP contribution in [-0.2, 0) is 4.79 Å². The number of ether oxygens (including phenoxy) is 1. The molecule has 84 valence electrons. The maximum atomic E-state index is 12.0. The summed E-state index contributed by atoms with van der Waals surface area (Å²) in [5.41, 5.74) is 0.970. The highest BCUT2D eigenvalue weighted by molar-refractivity contribution is 8.01. The molecule has 2 bridgehead atoms. The molecule has 3 rings (SSSR count). The minimum Gasteiger partial charge on any atom is -0.497 e. The van der Waals surface area contributed by atoms with Crippen LogP contribution in [0.15, 0.2) is 24.3 Å². The first kappa shape index (κ1) is 10.0. The lowest BCUT2D eigenvalue weighted by atomic mass is 10.2. The van der Waals surface area contributed by atoms with Gasteiger partial charge in [-0.15, -0.1) is 11.8 Å². The van der Waals surface area contributed by atoms with Gasteiger partial charge in [-0.3, -0.25) is 4.79 Å². The highest BCUT2D eigenvalue weighted by Crippen LogP contribution is 2.41. The van der Waals surface area contributed by atoms with Crippen LogP contribution in [-0.4, -0.2) is 30.1 Å². The number of anilines is 1. The van der Waals surface area contributed by atoms with Crippen LogP contribution in [0.1, 0.15) is 6.42 Å². The van der Waals surface area contributed by atoms with Crippen LogP contribution in [0.5, 0.6) is 5.75 Å². The Labute approximate surface area is 98.8 Å². The zero-order valence-electron chi connectivity index (χ0n) is 9.05. The van der Waals surface area contributed by atoms with Gasteiger partial charge in [-0.1, -0.05) is 6.07 Å². The normalized spacial score (nSPS) is 27.6. The highest BCUT2D eigenvalue weighted by atomic mass is 32.2. The molecule has 3 nitrogen and oxygen atoms in total. The van der Waals surface area contributed by atoms with E-state index in [1.807, 2.05) is 29.2 Å². The number of carbonyl (C=O) groups excluding carboxylic acids is 1. The molecule has 16 heavy (non-hydrogen) atoms. The van der Waals surface area contributed by atoms with E-state index in [-0.39, 0.29) is 11.2 Å². The smallest absolute Gasteiger partial charge is 0.240 e. The van der Waals surface area contributed by atoms with Crippen molar-refractivity contribution in [3.63, 3.8) is 0 Å². The Bertz CT molecular complexity index is 435. The van der Waals surface area contributed by atoms with E-state index in [1.54, 1.807) is 18.9 Å². The van der Waals surface area contributed by atoms with Crippen molar-refractivity contribution in [2.75, 3.05) is 17.8 Å². The first-order valence-corrected chi connectivity index (χ1v) is 6.43. The molecule has 0 spiro atoms. The van der Waals surface area contributed by atoms with Crippen LogP contribution in [0.2, 0.25) is 0 Å². The average molecular weight is 235 g/mol. The third kappa shape index (κ3) is 1.40. The maximum Gasteiger partial charge on any atom is 0.240 e. The van der Waals surface area contributed by atoms with E-state index >= 15 is 0 Å². The summed E-state index contributed by atoms with van der Waals surface area (Å²) in [5, 5.41) is 0.191. The van der Waals surface area contributed by atoms with Crippen molar-refractivity contribution in [1.82, 2.24) is 0 Å². The number of methoxy groups -OCH3 is 1. The predicted molar refractivity (Wildman–Crippen MR) is 65.1 cm³/mol. The number of rotatable bonds is 2. The molecule has 0 N–H and O–H groups in total. The van der Waals surface area contributed by atoms with Crippen LogP contribution >= 0.6 is 11.8 Å².